The number of rotatable bonds is 5. The summed E-state index contributed by atoms with van der Waals surface area (Å²) in [5.41, 5.74) is 8.86. The van der Waals surface area contributed by atoms with E-state index >= 15 is 0 Å². The first-order valence-electron chi connectivity index (χ1n) is 7.45. The molecule has 3 rings (SSSR count). The van der Waals surface area contributed by atoms with Crippen LogP contribution in [0.1, 0.15) is 42.5 Å². The number of hydrogen-bond donors (Lipinski definition) is 3. The molecule has 0 unspecified atom stereocenters. The lowest BCUT2D eigenvalue weighted by molar-refractivity contribution is 0.283. The number of nitrogens with two attached hydrogens (primary N) is 1. The third-order valence-electron chi connectivity index (χ3n) is 4.45. The van der Waals surface area contributed by atoms with Gasteiger partial charge in [-0.25, -0.2) is 4.98 Å². The summed E-state index contributed by atoms with van der Waals surface area (Å²) in [6.07, 6.45) is 6.68. The molecule has 0 spiro atoms. The van der Waals surface area contributed by atoms with Gasteiger partial charge in [0.1, 0.15) is 11.7 Å². The summed E-state index contributed by atoms with van der Waals surface area (Å²) in [7, 11) is 0. The number of aliphatic hydroxyl groups is 1. The summed E-state index contributed by atoms with van der Waals surface area (Å²) in [6, 6.07) is 2.47. The highest BCUT2D eigenvalue weighted by Crippen LogP contribution is 2.33. The Morgan fingerprint density at radius 1 is 1.40 bits per heavy atom. The summed E-state index contributed by atoms with van der Waals surface area (Å²) < 4.78 is 0. The molecule has 2 aliphatic carbocycles. The number of nitrogens with one attached hydrogen (secondary N) is 1. The Kier molecular flexibility index (Phi) is 3.61. The second kappa shape index (κ2) is 5.40. The van der Waals surface area contributed by atoms with Crippen LogP contribution in [0.5, 0.6) is 0 Å². The van der Waals surface area contributed by atoms with Crippen molar-refractivity contribution < 1.29 is 5.11 Å². The number of aryl methyl sites for hydroxylation is 2. The summed E-state index contributed by atoms with van der Waals surface area (Å²) in [5, 5.41) is 17.2. The number of fused-ring (bicyclic) bond motifs is 1. The molecule has 1 saturated carbocycles. The zero-order chi connectivity index (χ0) is 14.1. The average molecular weight is 274 g/mol. The van der Waals surface area contributed by atoms with E-state index in [-0.39, 0.29) is 12.4 Å². The predicted octanol–water partition coefficient (Wildman–Crippen LogP) is 1.21. The fourth-order valence-corrected chi connectivity index (χ4v) is 3.15. The second-order valence-corrected chi connectivity index (χ2v) is 5.73. The molecule has 5 heteroatoms. The van der Waals surface area contributed by atoms with Crippen LogP contribution < -0.4 is 10.6 Å². The van der Waals surface area contributed by atoms with Crippen LogP contribution in [0.4, 0.5) is 5.82 Å². The van der Waals surface area contributed by atoms with Crippen molar-refractivity contribution >= 4 is 11.7 Å². The van der Waals surface area contributed by atoms with Crippen molar-refractivity contribution in [2.75, 3.05) is 18.1 Å². The van der Waals surface area contributed by atoms with E-state index in [0.717, 1.165) is 49.2 Å². The van der Waals surface area contributed by atoms with Gasteiger partial charge in [0.05, 0.1) is 12.2 Å². The summed E-state index contributed by atoms with van der Waals surface area (Å²) in [6.45, 7) is 0.670. The highest BCUT2D eigenvalue weighted by molar-refractivity contribution is 6.00. The molecule has 4 N–H and O–H groups in total. The highest BCUT2D eigenvalue weighted by Gasteiger charge is 2.29. The zero-order valence-electron chi connectivity index (χ0n) is 11.7. The number of hydrogen-bond acceptors (Lipinski definition) is 4. The predicted molar refractivity (Wildman–Crippen MR) is 79.3 cm³/mol. The summed E-state index contributed by atoms with van der Waals surface area (Å²) in [4.78, 5) is 6.94. The Morgan fingerprint density at radius 2 is 2.20 bits per heavy atom. The van der Waals surface area contributed by atoms with Gasteiger partial charge < -0.3 is 15.7 Å². The van der Waals surface area contributed by atoms with Crippen LogP contribution in [0.15, 0.2) is 6.07 Å². The van der Waals surface area contributed by atoms with E-state index in [1.165, 1.54) is 12.0 Å². The first-order chi connectivity index (χ1) is 9.70. The molecule has 1 aromatic heterocycles. The molecule has 108 valence electrons. The fraction of sp³-hybridized carbons (Fsp3) is 0.600. The van der Waals surface area contributed by atoms with Gasteiger partial charge in [-0.3, -0.25) is 5.41 Å². The van der Waals surface area contributed by atoms with Gasteiger partial charge in [-0.05, 0) is 50.2 Å². The minimum atomic E-state index is 0.0736. The number of anilines is 1. The van der Waals surface area contributed by atoms with E-state index in [0.29, 0.717) is 12.6 Å². The molecular formula is C15H22N4O. The topological polar surface area (TPSA) is 86.2 Å². The van der Waals surface area contributed by atoms with E-state index in [2.05, 4.69) is 4.90 Å². The van der Waals surface area contributed by atoms with Crippen LogP contribution in [0.2, 0.25) is 0 Å². The van der Waals surface area contributed by atoms with E-state index in [1.54, 1.807) is 0 Å². The second-order valence-electron chi connectivity index (χ2n) is 5.73. The highest BCUT2D eigenvalue weighted by atomic mass is 16.3. The zero-order valence-corrected chi connectivity index (χ0v) is 11.7. The number of pyridine rings is 1. The first kappa shape index (κ1) is 13.4. The van der Waals surface area contributed by atoms with Crippen molar-refractivity contribution in [2.45, 2.75) is 44.6 Å². The molecule has 0 amide bonds. The number of nitrogen functional groups attached to an aromatic ring is 1. The first-order valence-corrected chi connectivity index (χ1v) is 7.45. The van der Waals surface area contributed by atoms with Crippen molar-refractivity contribution in [1.82, 2.24) is 4.98 Å². The van der Waals surface area contributed by atoms with Gasteiger partial charge >= 0.3 is 0 Å². The number of aromatic nitrogens is 1. The normalized spacial score (nSPS) is 17.6. The molecule has 1 heterocycles. The monoisotopic (exact) mass is 274 g/mol. The molecular weight excluding hydrogens is 252 g/mol. The maximum Gasteiger partial charge on any atom is 0.140 e. The van der Waals surface area contributed by atoms with Gasteiger partial charge in [0.15, 0.2) is 0 Å². The standard InChI is InChI=1S/C15H22N4O/c16-14(17)12-9-10-3-1-6-13(10)18-15(12)19(7-8-20)11-4-2-5-11/h9,11,20H,1-8H2,(H3,16,17). The van der Waals surface area contributed by atoms with Crippen LogP contribution in [-0.2, 0) is 12.8 Å². The number of nitrogens with zero attached hydrogens (tertiary/aromatic N) is 2. The van der Waals surface area contributed by atoms with Gasteiger partial charge in [0.25, 0.3) is 0 Å². The molecule has 1 fully saturated rings. The van der Waals surface area contributed by atoms with Crippen molar-refractivity contribution in [3.63, 3.8) is 0 Å². The van der Waals surface area contributed by atoms with Gasteiger partial charge in [0.2, 0.25) is 0 Å². The summed E-state index contributed by atoms with van der Waals surface area (Å²) >= 11 is 0. The summed E-state index contributed by atoms with van der Waals surface area (Å²) in [5.74, 6) is 0.876. The van der Waals surface area contributed by atoms with E-state index in [4.69, 9.17) is 16.1 Å². The van der Waals surface area contributed by atoms with Crippen molar-refractivity contribution in [2.24, 2.45) is 5.73 Å². The molecule has 0 saturated heterocycles. The van der Waals surface area contributed by atoms with Crippen LogP contribution in [0.3, 0.4) is 0 Å². The minimum Gasteiger partial charge on any atom is -0.395 e. The van der Waals surface area contributed by atoms with Gasteiger partial charge in [0, 0.05) is 18.3 Å². The minimum absolute atomic E-state index is 0.0736. The quantitative estimate of drug-likeness (QED) is 0.556. The maximum absolute atomic E-state index is 9.34. The fourth-order valence-electron chi connectivity index (χ4n) is 3.15. The Balaban J connectivity index is 2.02. The maximum atomic E-state index is 9.34. The smallest absolute Gasteiger partial charge is 0.140 e. The molecule has 0 bridgehead atoms. The van der Waals surface area contributed by atoms with E-state index in [1.807, 2.05) is 6.07 Å². The van der Waals surface area contributed by atoms with Crippen molar-refractivity contribution in [3.05, 3.63) is 22.9 Å². The number of amidine groups is 1. The lowest BCUT2D eigenvalue weighted by Gasteiger charge is -2.39. The van der Waals surface area contributed by atoms with Crippen LogP contribution in [0.25, 0.3) is 0 Å². The Bertz CT molecular complexity index is 525. The average Bonchev–Trinajstić information content (AvgIpc) is 2.81. The molecule has 0 atom stereocenters. The molecule has 2 aliphatic rings. The molecule has 20 heavy (non-hydrogen) atoms. The van der Waals surface area contributed by atoms with E-state index < -0.39 is 0 Å². The van der Waals surface area contributed by atoms with Gasteiger partial charge in [-0.2, -0.15) is 0 Å². The third-order valence-corrected chi connectivity index (χ3v) is 4.45. The number of aliphatic hydroxyl groups excluding tert-OH is 1. The molecule has 1 aromatic rings. The van der Waals surface area contributed by atoms with Crippen LogP contribution in [0, 0.1) is 5.41 Å². The molecule has 0 radical (unpaired) electrons. The molecule has 5 nitrogen and oxygen atoms in total. The lowest BCUT2D eigenvalue weighted by atomic mass is 9.91. The van der Waals surface area contributed by atoms with Crippen LogP contribution in [-0.4, -0.2) is 35.1 Å². The van der Waals surface area contributed by atoms with Gasteiger partial charge in [-0.1, -0.05) is 0 Å². The van der Waals surface area contributed by atoms with Crippen molar-refractivity contribution in [1.29, 1.82) is 5.41 Å². The lowest BCUT2D eigenvalue weighted by Crippen LogP contribution is -2.43. The SMILES string of the molecule is N=C(N)c1cc2c(nc1N(CCO)C1CCC1)CCC2. The molecule has 0 aliphatic heterocycles. The van der Waals surface area contributed by atoms with E-state index in [9.17, 15) is 5.11 Å². The Labute approximate surface area is 119 Å². The van der Waals surface area contributed by atoms with Crippen molar-refractivity contribution in [3.8, 4) is 0 Å². The Hall–Kier alpha value is -1.62. The Morgan fingerprint density at radius 3 is 2.80 bits per heavy atom. The molecule has 0 aromatic carbocycles. The largest absolute Gasteiger partial charge is 0.395 e. The van der Waals surface area contributed by atoms with Gasteiger partial charge in [-0.15, -0.1) is 0 Å². The third kappa shape index (κ3) is 2.26. The van der Waals surface area contributed by atoms with Crippen LogP contribution >= 0.6 is 0 Å².